The van der Waals surface area contributed by atoms with Crippen molar-refractivity contribution in [2.24, 2.45) is 0 Å². The first-order chi connectivity index (χ1) is 9.35. The molecule has 0 aromatic heterocycles. The Kier molecular flexibility index (Phi) is 4.20. The highest BCUT2D eigenvalue weighted by Gasteiger charge is 2.32. The van der Waals surface area contributed by atoms with Gasteiger partial charge in [-0.3, -0.25) is 15.0 Å². The number of benzene rings is 1. The molecule has 0 saturated carbocycles. The monoisotopic (exact) mass is 297 g/mol. The zero-order valence-corrected chi connectivity index (χ0v) is 12.9. The van der Waals surface area contributed by atoms with Crippen LogP contribution in [0.2, 0.25) is 0 Å². The fraction of sp³-hybridized carbons (Fsp3) is 0.571. The highest BCUT2D eigenvalue weighted by atomic mass is 35.5. The van der Waals surface area contributed by atoms with Crippen molar-refractivity contribution in [3.05, 3.63) is 33.9 Å². The fourth-order valence-corrected chi connectivity index (χ4v) is 2.76. The van der Waals surface area contributed by atoms with E-state index in [1.165, 1.54) is 0 Å². The topological polar surface area (TPSA) is 49.6 Å². The SMILES string of the molecule is CN1CCN(c2ccc([N+](=O)[O-])cc2CCl)CC1(C)C. The lowest BCUT2D eigenvalue weighted by Crippen LogP contribution is -2.57. The van der Waals surface area contributed by atoms with Gasteiger partial charge in [-0.05, 0) is 32.5 Å². The molecule has 20 heavy (non-hydrogen) atoms. The van der Waals surface area contributed by atoms with Crippen molar-refractivity contribution in [1.29, 1.82) is 0 Å². The van der Waals surface area contributed by atoms with Crippen molar-refractivity contribution in [3.8, 4) is 0 Å². The minimum Gasteiger partial charge on any atom is -0.368 e. The molecule has 5 nitrogen and oxygen atoms in total. The molecule has 0 N–H and O–H groups in total. The van der Waals surface area contributed by atoms with Gasteiger partial charge in [0.1, 0.15) is 0 Å². The molecule has 1 aromatic rings. The molecule has 110 valence electrons. The van der Waals surface area contributed by atoms with Gasteiger partial charge < -0.3 is 4.90 Å². The highest BCUT2D eigenvalue weighted by Crippen LogP contribution is 2.30. The lowest BCUT2D eigenvalue weighted by molar-refractivity contribution is -0.384. The summed E-state index contributed by atoms with van der Waals surface area (Å²) in [4.78, 5) is 15.1. The summed E-state index contributed by atoms with van der Waals surface area (Å²) in [5.41, 5.74) is 2.00. The standard InChI is InChI=1S/C14H20ClN3O2/c1-14(2)10-17(7-6-16(14)3)13-5-4-12(18(19)20)8-11(13)9-15/h4-5,8H,6-7,9-10H2,1-3H3. The summed E-state index contributed by atoms with van der Waals surface area (Å²) in [7, 11) is 2.12. The Morgan fingerprint density at radius 1 is 1.40 bits per heavy atom. The van der Waals surface area contributed by atoms with Crippen LogP contribution in [0.1, 0.15) is 19.4 Å². The molecule has 0 spiro atoms. The molecule has 0 atom stereocenters. The molecule has 0 bridgehead atoms. The number of likely N-dealkylation sites (N-methyl/N-ethyl adjacent to an activating group) is 1. The molecule has 1 aromatic carbocycles. The van der Waals surface area contributed by atoms with Crippen molar-refractivity contribution >= 4 is 23.0 Å². The first-order valence-corrected chi connectivity index (χ1v) is 7.18. The summed E-state index contributed by atoms with van der Waals surface area (Å²) in [6, 6.07) is 4.95. The Morgan fingerprint density at radius 3 is 2.65 bits per heavy atom. The van der Waals surface area contributed by atoms with Gasteiger partial charge in [0.05, 0.1) is 4.92 Å². The predicted octanol–water partition coefficient (Wildman–Crippen LogP) is 2.86. The van der Waals surface area contributed by atoms with Crippen LogP contribution in [0.5, 0.6) is 0 Å². The van der Waals surface area contributed by atoms with Crippen LogP contribution in [-0.4, -0.2) is 42.0 Å². The molecular weight excluding hydrogens is 278 g/mol. The van der Waals surface area contributed by atoms with Crippen LogP contribution < -0.4 is 4.90 Å². The lowest BCUT2D eigenvalue weighted by atomic mass is 9.98. The molecule has 0 unspecified atom stereocenters. The number of rotatable bonds is 3. The van der Waals surface area contributed by atoms with Crippen LogP contribution >= 0.6 is 11.6 Å². The normalized spacial score (nSPS) is 19.1. The number of nitrogens with zero attached hydrogens (tertiary/aromatic N) is 3. The summed E-state index contributed by atoms with van der Waals surface area (Å²) in [5.74, 6) is 0.282. The second kappa shape index (κ2) is 5.58. The maximum Gasteiger partial charge on any atom is 0.269 e. The van der Waals surface area contributed by atoms with Gasteiger partial charge in [0.15, 0.2) is 0 Å². The van der Waals surface area contributed by atoms with Gasteiger partial charge in [-0.2, -0.15) is 0 Å². The first kappa shape index (κ1) is 15.1. The van der Waals surface area contributed by atoms with E-state index in [-0.39, 0.29) is 22.0 Å². The summed E-state index contributed by atoms with van der Waals surface area (Å²) in [6.07, 6.45) is 0. The maximum atomic E-state index is 10.8. The number of anilines is 1. The number of nitro benzene ring substituents is 1. The Labute approximate surface area is 124 Å². The fourth-order valence-electron chi connectivity index (χ4n) is 2.55. The van der Waals surface area contributed by atoms with E-state index in [0.29, 0.717) is 0 Å². The van der Waals surface area contributed by atoms with Crippen molar-refractivity contribution < 1.29 is 4.92 Å². The van der Waals surface area contributed by atoms with E-state index in [4.69, 9.17) is 11.6 Å². The van der Waals surface area contributed by atoms with E-state index in [1.807, 2.05) is 6.07 Å². The molecule has 1 saturated heterocycles. The Hall–Kier alpha value is -1.33. The molecule has 1 heterocycles. The third-order valence-electron chi connectivity index (χ3n) is 4.08. The van der Waals surface area contributed by atoms with Gasteiger partial charge in [-0.15, -0.1) is 11.6 Å². The zero-order valence-electron chi connectivity index (χ0n) is 12.1. The maximum absolute atomic E-state index is 10.8. The van der Waals surface area contributed by atoms with Crippen LogP contribution in [0.3, 0.4) is 0 Å². The smallest absolute Gasteiger partial charge is 0.269 e. The number of hydrogen-bond donors (Lipinski definition) is 0. The minimum absolute atomic E-state index is 0.0730. The van der Waals surface area contributed by atoms with Crippen LogP contribution in [0.25, 0.3) is 0 Å². The molecule has 0 radical (unpaired) electrons. The largest absolute Gasteiger partial charge is 0.368 e. The molecule has 6 heteroatoms. The number of piperazine rings is 1. The minimum atomic E-state index is -0.381. The number of non-ortho nitro benzene ring substituents is 1. The molecule has 2 rings (SSSR count). The van der Waals surface area contributed by atoms with Crippen molar-refractivity contribution in [2.75, 3.05) is 31.6 Å². The van der Waals surface area contributed by atoms with Gasteiger partial charge >= 0.3 is 0 Å². The summed E-state index contributed by atoms with van der Waals surface area (Å²) in [5, 5.41) is 10.8. The Bertz CT molecular complexity index is 519. The first-order valence-electron chi connectivity index (χ1n) is 6.64. The van der Waals surface area contributed by atoms with E-state index in [1.54, 1.807) is 12.1 Å². The molecule has 1 fully saturated rings. The molecule has 1 aliphatic heterocycles. The van der Waals surface area contributed by atoms with E-state index in [9.17, 15) is 10.1 Å². The van der Waals surface area contributed by atoms with Crippen molar-refractivity contribution in [1.82, 2.24) is 4.90 Å². The quantitative estimate of drug-likeness (QED) is 0.489. The lowest BCUT2D eigenvalue weighted by Gasteiger charge is -2.46. The van der Waals surface area contributed by atoms with E-state index in [2.05, 4.69) is 30.7 Å². The zero-order chi connectivity index (χ0) is 14.9. The van der Waals surface area contributed by atoms with Gasteiger partial charge in [0.2, 0.25) is 0 Å². The number of hydrogen-bond acceptors (Lipinski definition) is 4. The Morgan fingerprint density at radius 2 is 2.10 bits per heavy atom. The third kappa shape index (κ3) is 2.88. The number of nitro groups is 1. The number of alkyl halides is 1. The average molecular weight is 298 g/mol. The average Bonchev–Trinajstić information content (AvgIpc) is 2.41. The molecule has 1 aliphatic rings. The van der Waals surface area contributed by atoms with Crippen LogP contribution in [0, 0.1) is 10.1 Å². The predicted molar refractivity (Wildman–Crippen MR) is 81.6 cm³/mol. The summed E-state index contributed by atoms with van der Waals surface area (Å²) in [6.45, 7) is 7.15. The van der Waals surface area contributed by atoms with Crippen molar-refractivity contribution in [3.63, 3.8) is 0 Å². The van der Waals surface area contributed by atoms with Gasteiger partial charge in [-0.25, -0.2) is 0 Å². The van der Waals surface area contributed by atoms with E-state index in [0.717, 1.165) is 30.9 Å². The number of halogens is 1. The van der Waals surface area contributed by atoms with Crippen LogP contribution in [-0.2, 0) is 5.88 Å². The van der Waals surface area contributed by atoms with Crippen LogP contribution in [0.4, 0.5) is 11.4 Å². The molecular formula is C14H20ClN3O2. The summed E-state index contributed by atoms with van der Waals surface area (Å²) < 4.78 is 0. The Balaban J connectivity index is 2.31. The second-order valence-corrected chi connectivity index (χ2v) is 6.13. The molecule has 0 amide bonds. The second-order valence-electron chi connectivity index (χ2n) is 5.86. The van der Waals surface area contributed by atoms with Crippen molar-refractivity contribution in [2.45, 2.75) is 25.3 Å². The van der Waals surface area contributed by atoms with E-state index < -0.39 is 0 Å². The van der Waals surface area contributed by atoms with Crippen LogP contribution in [0.15, 0.2) is 18.2 Å². The third-order valence-corrected chi connectivity index (χ3v) is 4.36. The van der Waals surface area contributed by atoms with Gasteiger partial charge in [-0.1, -0.05) is 0 Å². The van der Waals surface area contributed by atoms with Gasteiger partial charge in [0, 0.05) is 48.9 Å². The van der Waals surface area contributed by atoms with Gasteiger partial charge in [0.25, 0.3) is 5.69 Å². The van der Waals surface area contributed by atoms with E-state index >= 15 is 0 Å². The summed E-state index contributed by atoms with van der Waals surface area (Å²) >= 11 is 5.97. The highest BCUT2D eigenvalue weighted by molar-refractivity contribution is 6.17. The molecule has 0 aliphatic carbocycles.